The Labute approximate surface area is 145 Å². The van der Waals surface area contributed by atoms with E-state index in [1.54, 1.807) is 6.20 Å². The van der Waals surface area contributed by atoms with Gasteiger partial charge in [0.1, 0.15) is 5.82 Å². The van der Waals surface area contributed by atoms with Crippen molar-refractivity contribution < 1.29 is 0 Å². The molecule has 8 nitrogen and oxygen atoms in total. The summed E-state index contributed by atoms with van der Waals surface area (Å²) in [6.07, 6.45) is 2.68. The number of rotatable bonds is 4. The number of likely N-dealkylation sites (tertiary alicyclic amines) is 1. The molecule has 2 aromatic heterocycles. The Hall–Kier alpha value is -3.00. The Morgan fingerprint density at radius 1 is 1.12 bits per heavy atom. The summed E-state index contributed by atoms with van der Waals surface area (Å²) in [5.74, 6) is 0.949. The molecular weight excluding hydrogens is 316 g/mol. The Morgan fingerprint density at radius 3 is 2.80 bits per heavy atom. The van der Waals surface area contributed by atoms with Gasteiger partial charge in [-0.2, -0.15) is 15.0 Å². The van der Waals surface area contributed by atoms with Crippen molar-refractivity contribution in [3.05, 3.63) is 42.1 Å². The maximum absolute atomic E-state index is 5.82. The number of nitrogens with zero attached hydrogens (tertiary/aromatic N) is 5. The fourth-order valence-electron chi connectivity index (χ4n) is 3.14. The van der Waals surface area contributed by atoms with E-state index in [4.69, 9.17) is 11.5 Å². The normalized spacial score (nSPS) is 17.8. The third kappa shape index (κ3) is 3.43. The molecule has 0 unspecified atom stereocenters. The first kappa shape index (κ1) is 15.5. The highest BCUT2D eigenvalue weighted by molar-refractivity contribution is 5.85. The molecule has 1 fully saturated rings. The fraction of sp³-hybridized carbons (Fsp3) is 0.294. The number of fused-ring (bicyclic) bond motifs is 1. The molecule has 0 radical (unpaired) electrons. The van der Waals surface area contributed by atoms with Crippen LogP contribution in [0.4, 0.5) is 17.7 Å². The van der Waals surface area contributed by atoms with E-state index >= 15 is 0 Å². The molecule has 0 bridgehead atoms. The van der Waals surface area contributed by atoms with Crippen molar-refractivity contribution in [2.24, 2.45) is 0 Å². The van der Waals surface area contributed by atoms with Gasteiger partial charge in [0.15, 0.2) is 5.65 Å². The van der Waals surface area contributed by atoms with E-state index in [2.05, 4.69) is 54.4 Å². The van der Waals surface area contributed by atoms with E-state index in [9.17, 15) is 0 Å². The monoisotopic (exact) mass is 336 g/mol. The van der Waals surface area contributed by atoms with Crippen LogP contribution in [0.2, 0.25) is 0 Å². The number of benzene rings is 1. The summed E-state index contributed by atoms with van der Waals surface area (Å²) in [5.41, 5.74) is 13.3. The summed E-state index contributed by atoms with van der Waals surface area (Å²) in [5, 5.41) is 3.99. The van der Waals surface area contributed by atoms with Gasteiger partial charge in [0, 0.05) is 31.9 Å². The van der Waals surface area contributed by atoms with Crippen LogP contribution in [0.15, 0.2) is 36.5 Å². The van der Waals surface area contributed by atoms with E-state index in [-0.39, 0.29) is 5.95 Å². The summed E-state index contributed by atoms with van der Waals surface area (Å²) in [4.78, 5) is 19.2. The molecule has 25 heavy (non-hydrogen) atoms. The van der Waals surface area contributed by atoms with Crippen molar-refractivity contribution in [2.75, 3.05) is 29.9 Å². The average molecular weight is 336 g/mol. The molecule has 8 heteroatoms. The molecule has 0 saturated carbocycles. The molecule has 1 atom stereocenters. The zero-order valence-electron chi connectivity index (χ0n) is 13.8. The van der Waals surface area contributed by atoms with Crippen molar-refractivity contribution in [3.8, 4) is 0 Å². The molecule has 0 amide bonds. The van der Waals surface area contributed by atoms with Crippen molar-refractivity contribution in [1.29, 1.82) is 0 Å². The van der Waals surface area contributed by atoms with Crippen LogP contribution < -0.4 is 16.8 Å². The van der Waals surface area contributed by atoms with E-state index in [0.717, 1.165) is 26.1 Å². The fourth-order valence-corrected chi connectivity index (χ4v) is 3.14. The molecule has 3 aromatic rings. The minimum Gasteiger partial charge on any atom is -0.383 e. The third-order valence-electron chi connectivity index (χ3n) is 4.35. The highest BCUT2D eigenvalue weighted by Gasteiger charge is 2.23. The molecule has 4 rings (SSSR count). The highest BCUT2D eigenvalue weighted by atomic mass is 15.2. The summed E-state index contributed by atoms with van der Waals surface area (Å²) >= 11 is 0. The second kappa shape index (κ2) is 6.48. The summed E-state index contributed by atoms with van der Waals surface area (Å²) in [7, 11) is 0. The first-order valence-electron chi connectivity index (χ1n) is 8.26. The Bertz CT molecular complexity index is 882. The number of aromatic nitrogens is 4. The van der Waals surface area contributed by atoms with Gasteiger partial charge in [0.2, 0.25) is 11.9 Å². The van der Waals surface area contributed by atoms with Gasteiger partial charge in [-0.05, 0) is 12.0 Å². The molecule has 1 saturated heterocycles. The lowest BCUT2D eigenvalue weighted by Crippen LogP contribution is -2.26. The van der Waals surface area contributed by atoms with Crippen LogP contribution >= 0.6 is 0 Å². The quantitative estimate of drug-likeness (QED) is 0.652. The number of anilines is 3. The highest BCUT2D eigenvalue weighted by Crippen LogP contribution is 2.19. The van der Waals surface area contributed by atoms with Gasteiger partial charge in [-0.15, -0.1) is 0 Å². The van der Waals surface area contributed by atoms with Crippen LogP contribution in [0.5, 0.6) is 0 Å². The largest absolute Gasteiger partial charge is 0.383 e. The lowest BCUT2D eigenvalue weighted by molar-refractivity contribution is 0.328. The lowest BCUT2D eigenvalue weighted by Gasteiger charge is -2.16. The number of hydrogen-bond donors (Lipinski definition) is 3. The summed E-state index contributed by atoms with van der Waals surface area (Å²) in [6, 6.07) is 10.8. The van der Waals surface area contributed by atoms with E-state index in [1.165, 1.54) is 5.56 Å². The molecule has 5 N–H and O–H groups in total. The van der Waals surface area contributed by atoms with Crippen LogP contribution in [0, 0.1) is 0 Å². The predicted octanol–water partition coefficient (Wildman–Crippen LogP) is 1.27. The van der Waals surface area contributed by atoms with Gasteiger partial charge < -0.3 is 16.8 Å². The van der Waals surface area contributed by atoms with Gasteiger partial charge in [-0.25, -0.2) is 4.98 Å². The SMILES string of the molecule is Nc1nc(N)c2cnc(N[C@H]3CCN(Cc4ccccc4)C3)nc2n1. The van der Waals surface area contributed by atoms with Gasteiger partial charge >= 0.3 is 0 Å². The van der Waals surface area contributed by atoms with Crippen molar-refractivity contribution >= 4 is 28.7 Å². The molecule has 3 heterocycles. The standard InChI is InChI=1S/C17H20N8/c18-14-13-8-20-17(24-15(13)23-16(19)22-14)21-12-6-7-25(10-12)9-11-4-2-1-3-5-11/h1-5,8,12H,6-7,9-10H2,(H5,18,19,20,21,22,23,24)/t12-/m0/s1. The number of hydrogen-bond acceptors (Lipinski definition) is 8. The zero-order valence-corrected chi connectivity index (χ0v) is 13.8. The topological polar surface area (TPSA) is 119 Å². The lowest BCUT2D eigenvalue weighted by atomic mass is 10.2. The number of nitrogens with one attached hydrogen (secondary N) is 1. The Kier molecular flexibility index (Phi) is 4.02. The molecule has 128 valence electrons. The molecule has 1 aliphatic rings. The van der Waals surface area contributed by atoms with Crippen LogP contribution in [0.1, 0.15) is 12.0 Å². The Morgan fingerprint density at radius 2 is 1.96 bits per heavy atom. The minimum atomic E-state index is 0.115. The number of nitrogen functional groups attached to an aromatic ring is 2. The van der Waals surface area contributed by atoms with Gasteiger partial charge in [-0.1, -0.05) is 30.3 Å². The molecule has 0 spiro atoms. The van der Waals surface area contributed by atoms with E-state index in [1.807, 2.05) is 6.07 Å². The zero-order chi connectivity index (χ0) is 17.2. The smallest absolute Gasteiger partial charge is 0.224 e. The molecule has 0 aliphatic carbocycles. The third-order valence-corrected chi connectivity index (χ3v) is 4.35. The van der Waals surface area contributed by atoms with Crippen molar-refractivity contribution in [3.63, 3.8) is 0 Å². The maximum atomic E-state index is 5.82. The predicted molar refractivity (Wildman–Crippen MR) is 97.7 cm³/mol. The average Bonchev–Trinajstić information content (AvgIpc) is 3.02. The van der Waals surface area contributed by atoms with Gasteiger partial charge in [0.25, 0.3) is 0 Å². The van der Waals surface area contributed by atoms with Crippen molar-refractivity contribution in [1.82, 2.24) is 24.8 Å². The second-order valence-corrected chi connectivity index (χ2v) is 6.25. The van der Waals surface area contributed by atoms with Crippen LogP contribution in [-0.2, 0) is 6.54 Å². The summed E-state index contributed by atoms with van der Waals surface area (Å²) < 4.78 is 0. The van der Waals surface area contributed by atoms with Crippen molar-refractivity contribution in [2.45, 2.75) is 19.0 Å². The molecule has 1 aromatic carbocycles. The number of nitrogens with two attached hydrogens (primary N) is 2. The molecular formula is C17H20N8. The first-order chi connectivity index (χ1) is 12.2. The second-order valence-electron chi connectivity index (χ2n) is 6.25. The van der Waals surface area contributed by atoms with Gasteiger partial charge in [-0.3, -0.25) is 4.90 Å². The Balaban J connectivity index is 1.43. The minimum absolute atomic E-state index is 0.115. The van der Waals surface area contributed by atoms with Gasteiger partial charge in [0.05, 0.1) is 5.39 Å². The first-order valence-corrected chi connectivity index (χ1v) is 8.26. The van der Waals surface area contributed by atoms with Crippen LogP contribution in [-0.4, -0.2) is 44.0 Å². The van der Waals surface area contributed by atoms with Crippen LogP contribution in [0.25, 0.3) is 11.0 Å². The molecule has 1 aliphatic heterocycles. The van der Waals surface area contributed by atoms with Crippen LogP contribution in [0.3, 0.4) is 0 Å². The summed E-state index contributed by atoms with van der Waals surface area (Å²) in [6.45, 7) is 2.95. The van der Waals surface area contributed by atoms with E-state index in [0.29, 0.717) is 28.8 Å². The maximum Gasteiger partial charge on any atom is 0.224 e. The van der Waals surface area contributed by atoms with E-state index < -0.39 is 0 Å².